The van der Waals surface area contributed by atoms with Crippen molar-refractivity contribution in [2.45, 2.75) is 45.4 Å². The number of rotatable bonds is 5. The van der Waals surface area contributed by atoms with Crippen molar-refractivity contribution in [3.05, 3.63) is 71.2 Å². The lowest BCUT2D eigenvalue weighted by atomic mass is 10.1. The van der Waals surface area contributed by atoms with Crippen LogP contribution in [0.3, 0.4) is 0 Å². The summed E-state index contributed by atoms with van der Waals surface area (Å²) in [4.78, 5) is 39.2. The molecule has 228 valence electrons. The first-order valence-electron chi connectivity index (χ1n) is 14.5. The van der Waals surface area contributed by atoms with Crippen molar-refractivity contribution in [3.63, 3.8) is 0 Å². The first-order chi connectivity index (χ1) is 20.8. The first kappa shape index (κ1) is 30.2. The summed E-state index contributed by atoms with van der Waals surface area (Å²) in [6.07, 6.45) is 1.95. The van der Waals surface area contributed by atoms with Gasteiger partial charge in [-0.1, -0.05) is 18.2 Å². The predicted molar refractivity (Wildman–Crippen MR) is 161 cm³/mol. The van der Waals surface area contributed by atoms with Crippen LogP contribution in [-0.4, -0.2) is 85.8 Å². The van der Waals surface area contributed by atoms with E-state index < -0.39 is 0 Å². The molecule has 0 saturated carbocycles. The summed E-state index contributed by atoms with van der Waals surface area (Å²) in [6, 6.07) is 13.0. The van der Waals surface area contributed by atoms with Gasteiger partial charge >= 0.3 is 0 Å². The van der Waals surface area contributed by atoms with Gasteiger partial charge in [0.1, 0.15) is 17.9 Å². The van der Waals surface area contributed by atoms with Gasteiger partial charge in [0.15, 0.2) is 11.5 Å². The Bertz CT molecular complexity index is 1450. The molecule has 1 aromatic heterocycles. The minimum atomic E-state index is -0.318. The number of aryl methyl sites for hydroxylation is 2. The number of nitrogens with one attached hydrogen (secondary N) is 1. The van der Waals surface area contributed by atoms with Crippen LogP contribution in [0.4, 0.5) is 5.82 Å². The smallest absolute Gasteiger partial charge is 0.239 e. The van der Waals surface area contributed by atoms with Crippen molar-refractivity contribution in [1.82, 2.24) is 20.2 Å². The van der Waals surface area contributed by atoms with Crippen LogP contribution in [0.25, 0.3) is 0 Å². The van der Waals surface area contributed by atoms with Gasteiger partial charge in [-0.3, -0.25) is 9.59 Å². The zero-order valence-corrected chi connectivity index (χ0v) is 25.2. The maximum Gasteiger partial charge on any atom is 0.239 e. The van der Waals surface area contributed by atoms with Crippen LogP contribution in [0.1, 0.15) is 28.8 Å². The van der Waals surface area contributed by atoms with Gasteiger partial charge in [-0.05, 0) is 55.7 Å². The molecule has 2 amide bonds. The van der Waals surface area contributed by atoms with Gasteiger partial charge in [0.25, 0.3) is 0 Å². The van der Waals surface area contributed by atoms with E-state index in [4.69, 9.17) is 18.9 Å². The van der Waals surface area contributed by atoms with Crippen LogP contribution in [0.15, 0.2) is 48.8 Å². The number of hydrogen-bond donors (Lipinski definition) is 1. The molecule has 11 nitrogen and oxygen atoms in total. The fraction of sp³-hybridized carbons (Fsp3) is 0.438. The monoisotopic (exact) mass is 589 g/mol. The summed E-state index contributed by atoms with van der Waals surface area (Å²) in [5, 5.41) is 3.15. The number of amides is 2. The van der Waals surface area contributed by atoms with E-state index in [2.05, 4.69) is 20.2 Å². The molecule has 1 fully saturated rings. The van der Waals surface area contributed by atoms with Crippen LogP contribution >= 0.6 is 0 Å². The molecule has 3 heterocycles. The fourth-order valence-electron chi connectivity index (χ4n) is 5.41. The van der Waals surface area contributed by atoms with Crippen molar-refractivity contribution >= 4 is 17.6 Å². The van der Waals surface area contributed by atoms with Gasteiger partial charge in [-0.25, -0.2) is 9.97 Å². The normalized spacial score (nSPS) is 19.6. The van der Waals surface area contributed by atoms with Gasteiger partial charge in [0.2, 0.25) is 11.8 Å². The van der Waals surface area contributed by atoms with Gasteiger partial charge in [0.05, 0.1) is 39.0 Å². The molecule has 11 heteroatoms. The molecule has 5 rings (SSSR count). The van der Waals surface area contributed by atoms with Crippen molar-refractivity contribution < 1.29 is 28.5 Å². The third-order valence-electron chi connectivity index (χ3n) is 7.92. The summed E-state index contributed by atoms with van der Waals surface area (Å²) in [5.74, 6) is 2.23. The maximum atomic E-state index is 13.4. The molecule has 4 bridgehead atoms. The molecule has 2 aromatic carbocycles. The van der Waals surface area contributed by atoms with Gasteiger partial charge in [-0.15, -0.1) is 0 Å². The molecule has 0 radical (unpaired) electrons. The van der Waals surface area contributed by atoms with Crippen molar-refractivity contribution in [1.29, 1.82) is 0 Å². The number of fused-ring (bicyclic) bond motifs is 5. The second-order valence-electron chi connectivity index (χ2n) is 10.9. The zero-order chi connectivity index (χ0) is 30.3. The molecule has 2 aliphatic rings. The molecular formula is C32H39N5O6. The van der Waals surface area contributed by atoms with Crippen LogP contribution in [-0.2, 0) is 32.1 Å². The van der Waals surface area contributed by atoms with E-state index in [1.807, 2.05) is 56.3 Å². The van der Waals surface area contributed by atoms with E-state index in [-0.39, 0.29) is 36.9 Å². The topological polar surface area (TPSA) is 115 Å². The average Bonchev–Trinajstić information content (AvgIpc) is 3.40. The molecular weight excluding hydrogens is 550 g/mol. The second kappa shape index (κ2) is 13.8. The van der Waals surface area contributed by atoms with Crippen molar-refractivity contribution in [3.8, 4) is 17.2 Å². The lowest BCUT2D eigenvalue weighted by Gasteiger charge is -2.25. The number of anilines is 1. The molecule has 0 spiro atoms. The SMILES string of the molecule is COCCN1CC(=O)N[C@H]2CN(c3ncnc(C)c3C)C[C@@H]2OCc2cccc(c2)Oc2cc(ccc2OC)CCC1=O. The Balaban J connectivity index is 1.45. The van der Waals surface area contributed by atoms with Gasteiger partial charge in [0, 0.05) is 44.4 Å². The number of methoxy groups -OCH3 is 2. The van der Waals surface area contributed by atoms with Crippen LogP contribution in [0, 0.1) is 13.8 Å². The lowest BCUT2D eigenvalue weighted by Crippen LogP contribution is -2.49. The number of ether oxygens (including phenoxy) is 4. The molecule has 43 heavy (non-hydrogen) atoms. The minimum Gasteiger partial charge on any atom is -0.493 e. The Morgan fingerprint density at radius 1 is 1.02 bits per heavy atom. The van der Waals surface area contributed by atoms with E-state index in [1.165, 1.54) is 0 Å². The highest BCUT2D eigenvalue weighted by Crippen LogP contribution is 2.33. The third kappa shape index (κ3) is 7.41. The van der Waals surface area contributed by atoms with Crippen LogP contribution in [0.2, 0.25) is 0 Å². The molecule has 2 aliphatic heterocycles. The summed E-state index contributed by atoms with van der Waals surface area (Å²) in [7, 11) is 3.17. The van der Waals surface area contributed by atoms with Crippen molar-refractivity contribution in [2.24, 2.45) is 0 Å². The molecule has 0 aliphatic carbocycles. The fourth-order valence-corrected chi connectivity index (χ4v) is 5.41. The van der Waals surface area contributed by atoms with E-state index in [9.17, 15) is 9.59 Å². The summed E-state index contributed by atoms with van der Waals surface area (Å²) >= 11 is 0. The average molecular weight is 590 g/mol. The Hall–Kier alpha value is -4.22. The summed E-state index contributed by atoms with van der Waals surface area (Å²) in [5.41, 5.74) is 3.74. The van der Waals surface area contributed by atoms with E-state index in [0.717, 1.165) is 28.2 Å². The molecule has 2 atom stereocenters. The Kier molecular flexibility index (Phi) is 9.73. The van der Waals surface area contributed by atoms with E-state index >= 15 is 0 Å². The summed E-state index contributed by atoms with van der Waals surface area (Å²) < 4.78 is 23.5. The molecule has 1 N–H and O–H groups in total. The number of aromatic nitrogens is 2. The molecule has 1 saturated heterocycles. The van der Waals surface area contributed by atoms with Gasteiger partial charge < -0.3 is 34.1 Å². The van der Waals surface area contributed by atoms with E-state index in [1.54, 1.807) is 25.4 Å². The predicted octanol–water partition coefficient (Wildman–Crippen LogP) is 3.21. The second-order valence-corrected chi connectivity index (χ2v) is 10.9. The number of hydrogen-bond acceptors (Lipinski definition) is 9. The number of benzene rings is 2. The molecule has 0 unspecified atom stereocenters. The number of carbonyl (C=O) groups is 2. The van der Waals surface area contributed by atoms with Crippen LogP contribution < -0.4 is 19.7 Å². The minimum absolute atomic E-state index is 0.0733. The zero-order valence-electron chi connectivity index (χ0n) is 25.2. The Morgan fingerprint density at radius 3 is 2.70 bits per heavy atom. The number of carbonyl (C=O) groups excluding carboxylic acids is 2. The Morgan fingerprint density at radius 2 is 1.88 bits per heavy atom. The molecule has 3 aromatic rings. The Labute approximate surface area is 252 Å². The van der Waals surface area contributed by atoms with Gasteiger partial charge in [-0.2, -0.15) is 0 Å². The highest BCUT2D eigenvalue weighted by molar-refractivity contribution is 5.85. The quantitative estimate of drug-likeness (QED) is 0.479. The first-order valence-corrected chi connectivity index (χ1v) is 14.5. The summed E-state index contributed by atoms with van der Waals surface area (Å²) in [6.45, 7) is 5.88. The lowest BCUT2D eigenvalue weighted by molar-refractivity contribution is -0.137. The largest absolute Gasteiger partial charge is 0.493 e. The number of nitrogens with zero attached hydrogens (tertiary/aromatic N) is 4. The van der Waals surface area contributed by atoms with E-state index in [0.29, 0.717) is 56.5 Å². The standard InChI is InChI=1S/C32H39N5O6/c1-21-22(2)33-20-34-32(21)37-16-26-29(17-37)42-19-24-6-5-7-25(14-24)43-28-15-23(8-10-27(28)41-4)9-11-31(39)36(12-13-40-3)18-30(38)35-26/h5-8,10,14-15,20,26,29H,9,11-13,16-19H2,1-4H3,(H,35,38)/t26-,29-/m0/s1. The van der Waals surface area contributed by atoms with Crippen molar-refractivity contribution in [2.75, 3.05) is 51.9 Å². The highest BCUT2D eigenvalue weighted by Gasteiger charge is 2.36. The highest BCUT2D eigenvalue weighted by atomic mass is 16.5. The maximum absolute atomic E-state index is 13.4. The third-order valence-corrected chi connectivity index (χ3v) is 7.92. The van der Waals surface area contributed by atoms with Crippen LogP contribution in [0.5, 0.6) is 17.2 Å².